The molecule has 1 N–H and O–H groups in total. The van der Waals surface area contributed by atoms with Crippen LogP contribution in [-0.4, -0.2) is 46.2 Å². The van der Waals surface area contributed by atoms with Gasteiger partial charge in [0, 0.05) is 24.7 Å². The maximum absolute atomic E-state index is 13.5. The minimum Gasteiger partial charge on any atom is -0.490 e. The van der Waals surface area contributed by atoms with Crippen LogP contribution in [0, 0.1) is 11.7 Å². The summed E-state index contributed by atoms with van der Waals surface area (Å²) in [6.45, 7) is 5.21. The van der Waals surface area contributed by atoms with E-state index in [-0.39, 0.29) is 17.8 Å². The molecule has 5 nitrogen and oxygen atoms in total. The summed E-state index contributed by atoms with van der Waals surface area (Å²) in [5, 5.41) is 10.1. The van der Waals surface area contributed by atoms with E-state index in [4.69, 9.17) is 4.74 Å². The van der Waals surface area contributed by atoms with E-state index in [1.165, 1.54) is 12.1 Å². The number of hydrogen-bond donors (Lipinski definition) is 1. The second-order valence-electron chi connectivity index (χ2n) is 6.85. The highest BCUT2D eigenvalue weighted by molar-refractivity contribution is 5.84. The molecule has 1 saturated heterocycles. The Kier molecular flexibility index (Phi) is 5.18. The second-order valence-corrected chi connectivity index (χ2v) is 6.85. The number of halogens is 1. The molecule has 134 valence electrons. The Morgan fingerprint density at radius 1 is 1.32 bits per heavy atom. The number of ether oxygens (including phenoxy) is 1. The summed E-state index contributed by atoms with van der Waals surface area (Å²) in [5.41, 5.74) is 0.696. The number of hydrogen-bond acceptors (Lipinski definition) is 4. The molecule has 1 atom stereocenters. The molecule has 25 heavy (non-hydrogen) atoms. The molecule has 2 heterocycles. The maximum atomic E-state index is 13.5. The van der Waals surface area contributed by atoms with Crippen molar-refractivity contribution < 1.29 is 19.0 Å². The van der Waals surface area contributed by atoms with Crippen molar-refractivity contribution >= 4 is 16.9 Å². The third-order valence-electron chi connectivity index (χ3n) is 4.71. The van der Waals surface area contributed by atoms with E-state index >= 15 is 0 Å². The normalized spacial score (nSPS) is 17.8. The van der Waals surface area contributed by atoms with Crippen molar-refractivity contribution in [3.63, 3.8) is 0 Å². The van der Waals surface area contributed by atoms with Crippen LogP contribution < -0.4 is 4.74 Å². The van der Waals surface area contributed by atoms with Crippen molar-refractivity contribution in [2.24, 2.45) is 5.92 Å². The van der Waals surface area contributed by atoms with Crippen molar-refractivity contribution in [3.05, 3.63) is 36.3 Å². The first-order valence-electron chi connectivity index (χ1n) is 8.63. The van der Waals surface area contributed by atoms with Crippen LogP contribution in [0.2, 0.25) is 0 Å². The summed E-state index contributed by atoms with van der Waals surface area (Å²) >= 11 is 0. The molecule has 0 radical (unpaired) electrons. The van der Waals surface area contributed by atoms with Gasteiger partial charge in [0.2, 0.25) is 0 Å². The number of aliphatic carboxylic acids is 1. The average Bonchev–Trinajstić information content (AvgIpc) is 2.56. The standard InChI is InChI=1S/C19H23FN2O3/c1-12(2)18(19(23)24)22-9-6-14(7-10-22)25-17-5-8-21-16-4-3-13(20)11-15(16)17/h3-5,8,11-12,14,18H,6-7,9-10H2,1-2H3,(H,23,24). The Hall–Kier alpha value is -2.21. The van der Waals surface area contributed by atoms with Gasteiger partial charge in [0.25, 0.3) is 0 Å². The number of carboxylic acids is 1. The molecule has 2 aromatic rings. The van der Waals surface area contributed by atoms with Crippen LogP contribution in [0.5, 0.6) is 5.75 Å². The summed E-state index contributed by atoms with van der Waals surface area (Å²) in [7, 11) is 0. The molecule has 0 aliphatic carbocycles. The lowest BCUT2D eigenvalue weighted by molar-refractivity contribution is -0.146. The summed E-state index contributed by atoms with van der Waals surface area (Å²) < 4.78 is 19.6. The van der Waals surface area contributed by atoms with Gasteiger partial charge in [0.1, 0.15) is 23.7 Å². The zero-order valence-electron chi connectivity index (χ0n) is 14.5. The molecule has 1 aromatic heterocycles. The summed E-state index contributed by atoms with van der Waals surface area (Å²) in [6, 6.07) is 5.75. The van der Waals surface area contributed by atoms with Gasteiger partial charge in [0.15, 0.2) is 0 Å². The molecule has 3 rings (SSSR count). The Morgan fingerprint density at radius 3 is 2.68 bits per heavy atom. The Balaban J connectivity index is 1.69. The van der Waals surface area contributed by atoms with Gasteiger partial charge in [-0.05, 0) is 43.0 Å². The van der Waals surface area contributed by atoms with Crippen LogP contribution in [0.3, 0.4) is 0 Å². The van der Waals surface area contributed by atoms with Gasteiger partial charge in [0.05, 0.1) is 5.52 Å². The Morgan fingerprint density at radius 2 is 2.04 bits per heavy atom. The zero-order valence-corrected chi connectivity index (χ0v) is 14.5. The van der Waals surface area contributed by atoms with Crippen molar-refractivity contribution in [2.75, 3.05) is 13.1 Å². The number of piperidine rings is 1. The van der Waals surface area contributed by atoms with Crippen LogP contribution in [0.15, 0.2) is 30.5 Å². The van der Waals surface area contributed by atoms with E-state index in [0.29, 0.717) is 29.7 Å². The average molecular weight is 346 g/mol. The van der Waals surface area contributed by atoms with Crippen LogP contribution in [0.1, 0.15) is 26.7 Å². The molecular weight excluding hydrogens is 323 g/mol. The first-order chi connectivity index (χ1) is 12.0. The van der Waals surface area contributed by atoms with Crippen molar-refractivity contribution in [3.8, 4) is 5.75 Å². The highest BCUT2D eigenvalue weighted by Gasteiger charge is 2.32. The van der Waals surface area contributed by atoms with Gasteiger partial charge < -0.3 is 9.84 Å². The molecule has 1 aliphatic rings. The van der Waals surface area contributed by atoms with Gasteiger partial charge in [-0.3, -0.25) is 14.7 Å². The number of benzene rings is 1. The molecular formula is C19H23FN2O3. The lowest BCUT2D eigenvalue weighted by atomic mass is 9.98. The van der Waals surface area contributed by atoms with E-state index in [0.717, 1.165) is 12.8 Å². The number of carboxylic acid groups (broad SMARTS) is 1. The summed E-state index contributed by atoms with van der Waals surface area (Å²) in [5.74, 6) is -0.407. The van der Waals surface area contributed by atoms with E-state index in [2.05, 4.69) is 4.98 Å². The van der Waals surface area contributed by atoms with E-state index < -0.39 is 12.0 Å². The van der Waals surface area contributed by atoms with E-state index in [1.54, 1.807) is 18.3 Å². The fraction of sp³-hybridized carbons (Fsp3) is 0.474. The highest BCUT2D eigenvalue weighted by atomic mass is 19.1. The number of fused-ring (bicyclic) bond motifs is 1. The topological polar surface area (TPSA) is 62.7 Å². The number of nitrogens with zero attached hydrogens (tertiary/aromatic N) is 2. The van der Waals surface area contributed by atoms with Crippen molar-refractivity contribution in [1.29, 1.82) is 0 Å². The third-order valence-corrected chi connectivity index (χ3v) is 4.71. The second kappa shape index (κ2) is 7.35. The lowest BCUT2D eigenvalue weighted by Crippen LogP contribution is -2.50. The molecule has 1 unspecified atom stereocenters. The Bertz CT molecular complexity index is 757. The van der Waals surface area contributed by atoms with Crippen LogP contribution >= 0.6 is 0 Å². The number of carbonyl (C=O) groups is 1. The minimum atomic E-state index is -0.773. The zero-order chi connectivity index (χ0) is 18.0. The molecule has 6 heteroatoms. The number of likely N-dealkylation sites (tertiary alicyclic amines) is 1. The maximum Gasteiger partial charge on any atom is 0.321 e. The van der Waals surface area contributed by atoms with Gasteiger partial charge in [-0.25, -0.2) is 4.39 Å². The highest BCUT2D eigenvalue weighted by Crippen LogP contribution is 2.28. The predicted octanol–water partition coefficient (Wildman–Crippen LogP) is 3.33. The van der Waals surface area contributed by atoms with Gasteiger partial charge >= 0.3 is 5.97 Å². The first-order valence-corrected chi connectivity index (χ1v) is 8.63. The predicted molar refractivity (Wildman–Crippen MR) is 93.2 cm³/mol. The van der Waals surface area contributed by atoms with E-state index in [1.807, 2.05) is 18.7 Å². The van der Waals surface area contributed by atoms with Gasteiger partial charge in [-0.1, -0.05) is 13.8 Å². The Labute approximate surface area is 146 Å². The third kappa shape index (κ3) is 3.90. The monoisotopic (exact) mass is 346 g/mol. The molecule has 0 amide bonds. The molecule has 0 spiro atoms. The largest absolute Gasteiger partial charge is 0.490 e. The number of aromatic nitrogens is 1. The first kappa shape index (κ1) is 17.6. The van der Waals surface area contributed by atoms with Gasteiger partial charge in [-0.15, -0.1) is 0 Å². The van der Waals surface area contributed by atoms with Crippen LogP contribution in [0.4, 0.5) is 4.39 Å². The van der Waals surface area contributed by atoms with Gasteiger partial charge in [-0.2, -0.15) is 0 Å². The smallest absolute Gasteiger partial charge is 0.321 e. The number of pyridine rings is 1. The van der Waals surface area contributed by atoms with Crippen molar-refractivity contribution in [2.45, 2.75) is 38.8 Å². The van der Waals surface area contributed by atoms with Crippen LogP contribution in [-0.2, 0) is 4.79 Å². The summed E-state index contributed by atoms with van der Waals surface area (Å²) in [4.78, 5) is 17.7. The molecule has 0 bridgehead atoms. The SMILES string of the molecule is CC(C)C(C(=O)O)N1CCC(Oc2ccnc3ccc(F)cc23)CC1. The molecule has 1 aromatic carbocycles. The number of rotatable bonds is 5. The summed E-state index contributed by atoms with van der Waals surface area (Å²) in [6.07, 6.45) is 3.14. The fourth-order valence-electron chi connectivity index (χ4n) is 3.51. The minimum absolute atomic E-state index is 0.00766. The fourth-order valence-corrected chi connectivity index (χ4v) is 3.51. The quantitative estimate of drug-likeness (QED) is 0.900. The van der Waals surface area contributed by atoms with Crippen molar-refractivity contribution in [1.82, 2.24) is 9.88 Å². The lowest BCUT2D eigenvalue weighted by Gasteiger charge is -2.37. The molecule has 1 fully saturated rings. The molecule has 0 saturated carbocycles. The molecule has 1 aliphatic heterocycles. The van der Waals surface area contributed by atoms with E-state index in [9.17, 15) is 14.3 Å². The van der Waals surface area contributed by atoms with Crippen LogP contribution in [0.25, 0.3) is 10.9 Å².